The van der Waals surface area contributed by atoms with Gasteiger partial charge in [-0.2, -0.15) is 0 Å². The summed E-state index contributed by atoms with van der Waals surface area (Å²) >= 11 is 11.6. The van der Waals surface area contributed by atoms with Crippen LogP contribution >= 0.6 is 23.2 Å². The Hall–Kier alpha value is -1.46. The summed E-state index contributed by atoms with van der Waals surface area (Å²) in [6.07, 6.45) is 0. The van der Waals surface area contributed by atoms with Crippen molar-refractivity contribution in [2.45, 2.75) is 19.9 Å². The van der Waals surface area contributed by atoms with Gasteiger partial charge in [0.05, 0.1) is 17.0 Å². The first-order valence-electron chi connectivity index (χ1n) is 5.89. The minimum atomic E-state index is -1.34. The van der Waals surface area contributed by atoms with Gasteiger partial charge in [0, 0.05) is 5.02 Å². The first-order chi connectivity index (χ1) is 9.31. The predicted molar refractivity (Wildman–Crippen MR) is 73.7 cm³/mol. The molecule has 0 saturated carbocycles. The molecule has 5 nitrogen and oxygen atoms in total. The Bertz CT molecular complexity index is 505. The van der Waals surface area contributed by atoms with Gasteiger partial charge in [0.2, 0.25) is 0 Å². The molecule has 0 aliphatic rings. The number of amides is 1. The molecule has 20 heavy (non-hydrogen) atoms. The standard InChI is InChI=1S/C13H15Cl2NO4/c1-7(2)12(13(18)19)16-11(17)6-20-10-4-3-8(14)5-9(10)15/h3-5,7,12H,6H2,1-2H3,(H,16,17)(H,18,19)/p-1/t12-/m0/s1. The molecular weight excluding hydrogens is 305 g/mol. The van der Waals surface area contributed by atoms with Crippen LogP contribution in [0.15, 0.2) is 18.2 Å². The number of hydrogen-bond acceptors (Lipinski definition) is 4. The number of carboxylic acid groups (broad SMARTS) is 1. The number of ether oxygens (including phenoxy) is 1. The zero-order valence-corrected chi connectivity index (χ0v) is 12.5. The molecule has 1 atom stereocenters. The highest BCUT2D eigenvalue weighted by atomic mass is 35.5. The van der Waals surface area contributed by atoms with Gasteiger partial charge in [-0.3, -0.25) is 4.79 Å². The van der Waals surface area contributed by atoms with Gasteiger partial charge in [0.25, 0.3) is 5.91 Å². The summed E-state index contributed by atoms with van der Waals surface area (Å²) in [6, 6.07) is 3.51. The van der Waals surface area contributed by atoms with Gasteiger partial charge in [-0.25, -0.2) is 0 Å². The van der Waals surface area contributed by atoms with E-state index in [-0.39, 0.29) is 17.5 Å². The largest absolute Gasteiger partial charge is 0.548 e. The van der Waals surface area contributed by atoms with E-state index in [0.29, 0.717) is 10.8 Å². The van der Waals surface area contributed by atoms with Crippen molar-refractivity contribution in [1.82, 2.24) is 5.32 Å². The van der Waals surface area contributed by atoms with Gasteiger partial charge in [0.1, 0.15) is 5.75 Å². The zero-order chi connectivity index (χ0) is 15.3. The predicted octanol–water partition coefficient (Wildman–Crippen LogP) is 1.26. The van der Waals surface area contributed by atoms with Crippen LogP contribution < -0.4 is 15.2 Å². The lowest BCUT2D eigenvalue weighted by atomic mass is 10.1. The SMILES string of the molecule is CC(C)[C@H](NC(=O)COc1ccc(Cl)cc1Cl)C(=O)[O-]. The second-order valence-electron chi connectivity index (χ2n) is 4.47. The van der Waals surface area contributed by atoms with Crippen molar-refractivity contribution >= 4 is 35.1 Å². The molecule has 0 spiro atoms. The van der Waals surface area contributed by atoms with E-state index in [0.717, 1.165) is 0 Å². The van der Waals surface area contributed by atoms with E-state index in [4.69, 9.17) is 27.9 Å². The second-order valence-corrected chi connectivity index (χ2v) is 5.32. The van der Waals surface area contributed by atoms with Gasteiger partial charge in [0.15, 0.2) is 6.61 Å². The van der Waals surface area contributed by atoms with Crippen LogP contribution in [0.1, 0.15) is 13.8 Å². The monoisotopic (exact) mass is 318 g/mol. The number of nitrogens with one attached hydrogen (secondary N) is 1. The average molecular weight is 319 g/mol. The Morgan fingerprint density at radius 1 is 1.35 bits per heavy atom. The van der Waals surface area contributed by atoms with Gasteiger partial charge in [-0.15, -0.1) is 0 Å². The fourth-order valence-electron chi connectivity index (χ4n) is 1.45. The third kappa shape index (κ3) is 4.90. The zero-order valence-electron chi connectivity index (χ0n) is 11.0. The molecule has 0 aromatic heterocycles. The second kappa shape index (κ2) is 7.36. The summed E-state index contributed by atoms with van der Waals surface area (Å²) in [4.78, 5) is 22.5. The Morgan fingerprint density at radius 3 is 2.50 bits per heavy atom. The first-order valence-corrected chi connectivity index (χ1v) is 6.65. The van der Waals surface area contributed by atoms with E-state index in [1.54, 1.807) is 19.9 Å². The molecule has 1 amide bonds. The van der Waals surface area contributed by atoms with Gasteiger partial charge in [-0.1, -0.05) is 37.0 Å². The van der Waals surface area contributed by atoms with Crippen LogP contribution in [0.5, 0.6) is 5.75 Å². The van der Waals surface area contributed by atoms with Crippen LogP contribution in [0.3, 0.4) is 0 Å². The number of benzene rings is 1. The molecule has 0 unspecified atom stereocenters. The maximum absolute atomic E-state index is 11.6. The number of carbonyl (C=O) groups is 2. The molecule has 110 valence electrons. The maximum atomic E-state index is 11.6. The van der Waals surface area contributed by atoms with E-state index in [1.807, 2.05) is 0 Å². The molecule has 0 aliphatic carbocycles. The van der Waals surface area contributed by atoms with E-state index in [1.165, 1.54) is 12.1 Å². The van der Waals surface area contributed by atoms with Crippen LogP contribution in [-0.4, -0.2) is 24.5 Å². The number of aliphatic carboxylic acids is 1. The van der Waals surface area contributed by atoms with Crippen molar-refractivity contribution in [2.24, 2.45) is 5.92 Å². The fourth-order valence-corrected chi connectivity index (χ4v) is 1.91. The van der Waals surface area contributed by atoms with E-state index >= 15 is 0 Å². The summed E-state index contributed by atoms with van der Waals surface area (Å²) in [5, 5.41) is 13.9. The van der Waals surface area contributed by atoms with Crippen molar-refractivity contribution in [3.63, 3.8) is 0 Å². The quantitative estimate of drug-likeness (QED) is 0.856. The minimum Gasteiger partial charge on any atom is -0.548 e. The Morgan fingerprint density at radius 2 is 2.00 bits per heavy atom. The third-order valence-electron chi connectivity index (χ3n) is 2.49. The van der Waals surface area contributed by atoms with E-state index in [2.05, 4.69) is 5.32 Å². The van der Waals surface area contributed by atoms with E-state index in [9.17, 15) is 14.7 Å². The molecular formula is C13H14Cl2NO4-. The van der Waals surface area contributed by atoms with Gasteiger partial charge in [-0.05, 0) is 24.1 Å². The normalized spacial score (nSPS) is 12.1. The number of hydrogen-bond donors (Lipinski definition) is 1. The number of rotatable bonds is 6. The Balaban J connectivity index is 2.57. The van der Waals surface area contributed by atoms with Crippen molar-refractivity contribution < 1.29 is 19.4 Å². The lowest BCUT2D eigenvalue weighted by molar-refractivity contribution is -0.309. The summed E-state index contributed by atoms with van der Waals surface area (Å²) in [6.45, 7) is 2.98. The molecule has 1 aromatic rings. The number of halogens is 2. The molecule has 0 bridgehead atoms. The molecule has 7 heteroatoms. The summed E-state index contributed by atoms with van der Waals surface area (Å²) in [5.41, 5.74) is 0. The van der Waals surface area contributed by atoms with Crippen molar-refractivity contribution in [1.29, 1.82) is 0 Å². The van der Waals surface area contributed by atoms with Crippen molar-refractivity contribution in [3.8, 4) is 5.75 Å². The number of carbonyl (C=O) groups excluding carboxylic acids is 2. The smallest absolute Gasteiger partial charge is 0.258 e. The molecule has 1 N–H and O–H groups in total. The molecule has 1 rings (SSSR count). The molecule has 0 aliphatic heterocycles. The Kier molecular flexibility index (Phi) is 6.10. The highest BCUT2D eigenvalue weighted by molar-refractivity contribution is 6.35. The van der Waals surface area contributed by atoms with Crippen LogP contribution in [0.4, 0.5) is 0 Å². The Labute approximate surface area is 126 Å². The molecule has 1 aromatic carbocycles. The van der Waals surface area contributed by atoms with Crippen LogP contribution in [0.2, 0.25) is 10.0 Å². The molecule has 0 radical (unpaired) electrons. The minimum absolute atomic E-state index is 0.269. The summed E-state index contributed by atoms with van der Waals surface area (Å²) in [7, 11) is 0. The van der Waals surface area contributed by atoms with Crippen LogP contribution in [0.25, 0.3) is 0 Å². The lowest BCUT2D eigenvalue weighted by Gasteiger charge is -2.23. The lowest BCUT2D eigenvalue weighted by Crippen LogP contribution is -2.51. The number of carboxylic acids is 1. The van der Waals surface area contributed by atoms with Crippen molar-refractivity contribution in [2.75, 3.05) is 6.61 Å². The fraction of sp³-hybridized carbons (Fsp3) is 0.385. The van der Waals surface area contributed by atoms with E-state index < -0.39 is 17.9 Å². The highest BCUT2D eigenvalue weighted by Crippen LogP contribution is 2.27. The first kappa shape index (κ1) is 16.6. The van der Waals surface area contributed by atoms with Gasteiger partial charge >= 0.3 is 0 Å². The van der Waals surface area contributed by atoms with Crippen LogP contribution in [-0.2, 0) is 9.59 Å². The topological polar surface area (TPSA) is 78.5 Å². The molecule has 0 heterocycles. The molecule has 0 fully saturated rings. The van der Waals surface area contributed by atoms with Gasteiger partial charge < -0.3 is 20.0 Å². The third-order valence-corrected chi connectivity index (χ3v) is 3.02. The van der Waals surface area contributed by atoms with Crippen molar-refractivity contribution in [3.05, 3.63) is 28.2 Å². The summed E-state index contributed by atoms with van der Waals surface area (Å²) in [5.74, 6) is -1.90. The molecule has 0 saturated heterocycles. The van der Waals surface area contributed by atoms with Crippen LogP contribution in [0, 0.1) is 5.92 Å². The highest BCUT2D eigenvalue weighted by Gasteiger charge is 2.17. The maximum Gasteiger partial charge on any atom is 0.258 e. The summed E-state index contributed by atoms with van der Waals surface area (Å²) < 4.78 is 5.20. The average Bonchev–Trinajstić information content (AvgIpc) is 2.34.